The molecule has 0 saturated heterocycles. The molecule has 0 radical (unpaired) electrons. The molecule has 310 valence electrons. The van der Waals surface area contributed by atoms with Gasteiger partial charge >= 0.3 is 0 Å². The maximum Gasteiger partial charge on any atom is 0.0640 e. The van der Waals surface area contributed by atoms with E-state index in [0.717, 1.165) is 17.1 Å². The van der Waals surface area contributed by atoms with E-state index in [4.69, 9.17) is 0 Å². The highest BCUT2D eigenvalue weighted by atomic mass is 32.1. The molecular formula is C64H43NS. The lowest BCUT2D eigenvalue weighted by Gasteiger charge is -2.27. The van der Waals surface area contributed by atoms with E-state index in [-0.39, 0.29) is 0 Å². The van der Waals surface area contributed by atoms with Crippen LogP contribution in [-0.2, 0) is 0 Å². The molecule has 12 aromatic rings. The molecule has 0 aliphatic carbocycles. The van der Waals surface area contributed by atoms with Crippen LogP contribution in [0.15, 0.2) is 261 Å². The largest absolute Gasteiger partial charge is 0.309 e. The molecule has 0 saturated carbocycles. The highest BCUT2D eigenvalue weighted by molar-refractivity contribution is 7.27. The summed E-state index contributed by atoms with van der Waals surface area (Å²) < 4.78 is 2.56. The number of benzene rings is 11. The smallest absolute Gasteiger partial charge is 0.0640 e. The van der Waals surface area contributed by atoms with Crippen LogP contribution in [0.3, 0.4) is 0 Å². The maximum atomic E-state index is 2.45. The van der Waals surface area contributed by atoms with Crippen molar-refractivity contribution >= 4 is 59.3 Å². The van der Waals surface area contributed by atoms with Gasteiger partial charge in [-0.25, -0.2) is 0 Å². The average molecular weight is 858 g/mol. The van der Waals surface area contributed by atoms with E-state index in [9.17, 15) is 0 Å². The molecule has 0 aliphatic rings. The lowest BCUT2D eigenvalue weighted by atomic mass is 9.89. The summed E-state index contributed by atoms with van der Waals surface area (Å²) in [6.07, 6.45) is 0. The molecule has 1 nitrogen and oxygen atoms in total. The molecule has 0 N–H and O–H groups in total. The molecule has 1 heterocycles. The second-order valence-corrected chi connectivity index (χ2v) is 17.8. The van der Waals surface area contributed by atoms with Crippen LogP contribution in [0.2, 0.25) is 0 Å². The first-order valence-corrected chi connectivity index (χ1v) is 23.4. The first-order chi connectivity index (χ1) is 32.8. The van der Waals surface area contributed by atoms with Gasteiger partial charge in [-0.3, -0.25) is 0 Å². The molecule has 0 amide bonds. The Morgan fingerprint density at radius 1 is 0.242 bits per heavy atom. The molecule has 0 fully saturated rings. The zero-order chi connectivity index (χ0) is 43.8. The molecule has 1 aromatic heterocycles. The van der Waals surface area contributed by atoms with Crippen LogP contribution in [0.4, 0.5) is 17.1 Å². The quantitative estimate of drug-likeness (QED) is 0.140. The molecule has 0 spiro atoms. The predicted octanol–water partition coefficient (Wildman–Crippen LogP) is 18.7. The van der Waals surface area contributed by atoms with Gasteiger partial charge in [0.05, 0.1) is 10.4 Å². The van der Waals surface area contributed by atoms with Gasteiger partial charge in [0.25, 0.3) is 0 Å². The first kappa shape index (κ1) is 39.3. The van der Waals surface area contributed by atoms with E-state index >= 15 is 0 Å². The van der Waals surface area contributed by atoms with Crippen molar-refractivity contribution in [3.8, 4) is 66.8 Å². The number of thiophene rings is 1. The Kier molecular flexibility index (Phi) is 10.1. The first-order valence-electron chi connectivity index (χ1n) is 22.6. The van der Waals surface area contributed by atoms with Crippen molar-refractivity contribution in [3.05, 3.63) is 261 Å². The fourth-order valence-electron chi connectivity index (χ4n) is 9.83. The SMILES string of the molecule is c1ccc(-c2ccccc2-c2ccccc2-c2ccc(N(c3ccc(-c4cccc5cccc(-c6ccccc6)c45)cc3)c3cccc4c3sc3c(-c5ccccc5)cccc34)cc2)cc1. The van der Waals surface area contributed by atoms with Gasteiger partial charge in [0.15, 0.2) is 0 Å². The second-order valence-electron chi connectivity index (χ2n) is 16.8. The Bertz CT molecular complexity index is 3660. The van der Waals surface area contributed by atoms with Crippen molar-refractivity contribution in [2.75, 3.05) is 4.90 Å². The molecule has 0 unspecified atom stereocenters. The van der Waals surface area contributed by atoms with Gasteiger partial charge in [-0.2, -0.15) is 0 Å². The van der Waals surface area contributed by atoms with Crippen molar-refractivity contribution in [1.82, 2.24) is 0 Å². The lowest BCUT2D eigenvalue weighted by Crippen LogP contribution is -2.10. The summed E-state index contributed by atoms with van der Waals surface area (Å²) in [5, 5.41) is 5.04. The Balaban J connectivity index is 1.01. The minimum absolute atomic E-state index is 1.10. The summed E-state index contributed by atoms with van der Waals surface area (Å²) in [5.41, 5.74) is 18.0. The summed E-state index contributed by atoms with van der Waals surface area (Å²) in [6.45, 7) is 0. The molecule has 11 aromatic carbocycles. The second kappa shape index (κ2) is 17.0. The normalized spacial score (nSPS) is 11.3. The van der Waals surface area contributed by atoms with E-state index in [2.05, 4.69) is 266 Å². The summed E-state index contributed by atoms with van der Waals surface area (Å²) in [6, 6.07) is 94.9. The van der Waals surface area contributed by atoms with Crippen LogP contribution < -0.4 is 4.90 Å². The minimum Gasteiger partial charge on any atom is -0.309 e. The minimum atomic E-state index is 1.10. The van der Waals surface area contributed by atoms with E-state index in [0.29, 0.717) is 0 Å². The van der Waals surface area contributed by atoms with E-state index in [1.165, 1.54) is 97.7 Å². The Morgan fingerprint density at radius 2 is 0.606 bits per heavy atom. The molecule has 0 atom stereocenters. The number of nitrogens with zero attached hydrogens (tertiary/aromatic N) is 1. The summed E-state index contributed by atoms with van der Waals surface area (Å²) in [7, 11) is 0. The van der Waals surface area contributed by atoms with Crippen LogP contribution in [0, 0.1) is 0 Å². The van der Waals surface area contributed by atoms with Crippen LogP contribution >= 0.6 is 11.3 Å². The topological polar surface area (TPSA) is 3.24 Å². The fraction of sp³-hybridized carbons (Fsp3) is 0. The molecule has 0 aliphatic heterocycles. The molecule has 12 rings (SSSR count). The van der Waals surface area contributed by atoms with Gasteiger partial charge in [0, 0.05) is 26.8 Å². The van der Waals surface area contributed by atoms with Crippen molar-refractivity contribution in [2.24, 2.45) is 0 Å². The van der Waals surface area contributed by atoms with Gasteiger partial charge in [0.2, 0.25) is 0 Å². The third-order valence-electron chi connectivity index (χ3n) is 12.9. The lowest BCUT2D eigenvalue weighted by molar-refractivity contribution is 1.30. The summed E-state index contributed by atoms with van der Waals surface area (Å²) >= 11 is 1.89. The Morgan fingerprint density at radius 3 is 1.14 bits per heavy atom. The predicted molar refractivity (Wildman–Crippen MR) is 284 cm³/mol. The molecule has 2 heteroatoms. The van der Waals surface area contributed by atoms with Crippen molar-refractivity contribution < 1.29 is 0 Å². The maximum absolute atomic E-state index is 2.45. The van der Waals surface area contributed by atoms with E-state index in [1.807, 2.05) is 11.3 Å². The number of anilines is 3. The fourth-order valence-corrected chi connectivity index (χ4v) is 11.2. The van der Waals surface area contributed by atoms with Gasteiger partial charge in [-0.1, -0.05) is 231 Å². The molecule has 0 bridgehead atoms. The number of rotatable bonds is 9. The van der Waals surface area contributed by atoms with Gasteiger partial charge in [0.1, 0.15) is 0 Å². The third kappa shape index (κ3) is 7.05. The molecule has 66 heavy (non-hydrogen) atoms. The van der Waals surface area contributed by atoms with Gasteiger partial charge in [-0.15, -0.1) is 11.3 Å². The summed E-state index contributed by atoms with van der Waals surface area (Å²) in [5.74, 6) is 0. The molecular weight excluding hydrogens is 815 g/mol. The van der Waals surface area contributed by atoms with E-state index < -0.39 is 0 Å². The van der Waals surface area contributed by atoms with Crippen LogP contribution in [-0.4, -0.2) is 0 Å². The van der Waals surface area contributed by atoms with Gasteiger partial charge < -0.3 is 4.90 Å². The van der Waals surface area contributed by atoms with Crippen molar-refractivity contribution in [3.63, 3.8) is 0 Å². The highest BCUT2D eigenvalue weighted by Gasteiger charge is 2.21. The van der Waals surface area contributed by atoms with E-state index in [1.54, 1.807) is 0 Å². The Labute approximate surface area is 389 Å². The van der Waals surface area contributed by atoms with Crippen LogP contribution in [0.25, 0.3) is 97.7 Å². The van der Waals surface area contributed by atoms with Crippen LogP contribution in [0.1, 0.15) is 0 Å². The number of hydrogen-bond donors (Lipinski definition) is 0. The Hall–Kier alpha value is -8.30. The monoisotopic (exact) mass is 857 g/mol. The standard InChI is InChI=1S/C64H43NS/c1-4-18-44(19-5-1)52-26-10-12-28-57(52)58-29-13-11-27-53(58)47-36-40-50(41-37-47)65(61-35-17-34-60-59-33-16-32-56(63(59)66-64(60)61)46-22-8-3-9-23-46)51-42-38-48(39-43-51)55-31-15-25-49-24-14-30-54(62(49)55)45-20-6-2-7-21-45/h1-43H. The summed E-state index contributed by atoms with van der Waals surface area (Å²) in [4.78, 5) is 2.45. The number of hydrogen-bond acceptors (Lipinski definition) is 2. The zero-order valence-corrected chi connectivity index (χ0v) is 37.0. The number of fused-ring (bicyclic) bond motifs is 4. The van der Waals surface area contributed by atoms with Crippen LogP contribution in [0.5, 0.6) is 0 Å². The highest BCUT2D eigenvalue weighted by Crippen LogP contribution is 2.48. The van der Waals surface area contributed by atoms with Gasteiger partial charge in [-0.05, 0) is 108 Å². The zero-order valence-electron chi connectivity index (χ0n) is 36.2. The third-order valence-corrected chi connectivity index (χ3v) is 14.2. The van der Waals surface area contributed by atoms with Crippen molar-refractivity contribution in [2.45, 2.75) is 0 Å². The average Bonchev–Trinajstić information content (AvgIpc) is 3.79. The van der Waals surface area contributed by atoms with Crippen molar-refractivity contribution in [1.29, 1.82) is 0 Å².